The number of carboxylic acids is 1. The lowest BCUT2D eigenvalue weighted by molar-refractivity contribution is -0.137. The van der Waals surface area contributed by atoms with Crippen molar-refractivity contribution in [1.29, 1.82) is 5.26 Å². The van der Waals surface area contributed by atoms with Gasteiger partial charge >= 0.3 is 5.97 Å². The predicted molar refractivity (Wildman–Crippen MR) is 66.7 cm³/mol. The number of sulfonamides is 1. The fourth-order valence-corrected chi connectivity index (χ4v) is 2.83. The highest BCUT2D eigenvalue weighted by molar-refractivity contribution is 7.89. The third kappa shape index (κ3) is 3.78. The topological polar surface area (TPSA) is 142 Å². The number of nitrogens with two attached hydrogens (primary N) is 1. The highest BCUT2D eigenvalue weighted by Gasteiger charge is 2.28. The van der Waals surface area contributed by atoms with Crippen LogP contribution < -0.4 is 5.73 Å². The number of hydrogen-bond donors (Lipinski definition) is 2. The number of benzene rings is 1. The molecule has 0 unspecified atom stereocenters. The molecule has 0 spiro atoms. The van der Waals surface area contributed by atoms with Crippen molar-refractivity contribution in [3.05, 3.63) is 29.8 Å². The molecule has 8 nitrogen and oxygen atoms in total. The molecule has 0 aliphatic rings. The van der Waals surface area contributed by atoms with Crippen molar-refractivity contribution in [3.8, 4) is 6.07 Å². The van der Waals surface area contributed by atoms with E-state index in [9.17, 15) is 18.0 Å². The highest BCUT2D eigenvalue weighted by atomic mass is 32.2. The van der Waals surface area contributed by atoms with E-state index in [2.05, 4.69) is 0 Å². The van der Waals surface area contributed by atoms with Gasteiger partial charge in [0.05, 0.1) is 23.1 Å². The first-order valence-electron chi connectivity index (χ1n) is 5.28. The number of rotatable bonds is 6. The van der Waals surface area contributed by atoms with Crippen LogP contribution in [0.15, 0.2) is 29.2 Å². The Morgan fingerprint density at radius 3 is 2.50 bits per heavy atom. The fourth-order valence-electron chi connectivity index (χ4n) is 1.43. The molecule has 0 saturated carbocycles. The molecule has 1 aromatic rings. The van der Waals surface area contributed by atoms with Crippen molar-refractivity contribution in [3.63, 3.8) is 0 Å². The van der Waals surface area contributed by atoms with Crippen LogP contribution in [0.1, 0.15) is 5.56 Å². The predicted octanol–water partition coefficient (Wildman–Crippen LogP) is -0.881. The summed E-state index contributed by atoms with van der Waals surface area (Å²) < 4.78 is 24.9. The number of nitriles is 1. The molecule has 0 saturated heterocycles. The van der Waals surface area contributed by atoms with E-state index in [4.69, 9.17) is 16.1 Å². The van der Waals surface area contributed by atoms with Crippen molar-refractivity contribution in [2.24, 2.45) is 5.73 Å². The number of amides is 1. The van der Waals surface area contributed by atoms with Crippen molar-refractivity contribution in [1.82, 2.24) is 4.31 Å². The Hall–Kier alpha value is -2.44. The summed E-state index contributed by atoms with van der Waals surface area (Å²) in [5, 5.41) is 17.4. The van der Waals surface area contributed by atoms with Crippen LogP contribution in [-0.2, 0) is 19.6 Å². The number of primary amides is 1. The molecule has 0 aliphatic carbocycles. The Bertz CT molecular complexity index is 662. The molecule has 0 atom stereocenters. The number of carbonyl (C=O) groups excluding carboxylic acids is 1. The smallest absolute Gasteiger partial charge is 0.318 e. The maximum absolute atomic E-state index is 12.2. The van der Waals surface area contributed by atoms with Gasteiger partial charge in [0, 0.05) is 0 Å². The van der Waals surface area contributed by atoms with Gasteiger partial charge in [-0.2, -0.15) is 9.57 Å². The number of hydrogen-bond acceptors (Lipinski definition) is 5. The van der Waals surface area contributed by atoms with Crippen LogP contribution in [0.4, 0.5) is 0 Å². The monoisotopic (exact) mass is 297 g/mol. The van der Waals surface area contributed by atoms with Crippen LogP contribution in [0.2, 0.25) is 0 Å². The Kier molecular flexibility index (Phi) is 4.79. The molecular weight excluding hydrogens is 286 g/mol. The Morgan fingerprint density at radius 2 is 2.00 bits per heavy atom. The van der Waals surface area contributed by atoms with Gasteiger partial charge < -0.3 is 10.8 Å². The maximum Gasteiger partial charge on any atom is 0.318 e. The van der Waals surface area contributed by atoms with E-state index in [1.165, 1.54) is 18.2 Å². The summed E-state index contributed by atoms with van der Waals surface area (Å²) in [5.41, 5.74) is 5.01. The highest BCUT2D eigenvalue weighted by Crippen LogP contribution is 2.16. The van der Waals surface area contributed by atoms with Crippen LogP contribution in [0, 0.1) is 11.3 Å². The lowest BCUT2D eigenvalue weighted by atomic mass is 10.2. The minimum atomic E-state index is -4.22. The summed E-state index contributed by atoms with van der Waals surface area (Å²) in [5.74, 6) is -2.41. The zero-order chi connectivity index (χ0) is 15.3. The largest absolute Gasteiger partial charge is 0.480 e. The molecule has 9 heteroatoms. The van der Waals surface area contributed by atoms with Gasteiger partial charge in [-0.3, -0.25) is 9.59 Å². The lowest BCUT2D eigenvalue weighted by Gasteiger charge is -2.18. The molecule has 0 aromatic heterocycles. The van der Waals surface area contributed by atoms with E-state index in [0.717, 1.165) is 6.07 Å². The average molecular weight is 297 g/mol. The van der Waals surface area contributed by atoms with Crippen LogP contribution in [0.25, 0.3) is 0 Å². The third-order valence-electron chi connectivity index (χ3n) is 2.24. The quantitative estimate of drug-likeness (QED) is 0.698. The van der Waals surface area contributed by atoms with Crippen LogP contribution in [0.5, 0.6) is 0 Å². The minimum Gasteiger partial charge on any atom is -0.480 e. The Balaban J connectivity index is 3.24. The second-order valence-electron chi connectivity index (χ2n) is 3.77. The van der Waals surface area contributed by atoms with Crippen LogP contribution in [-0.4, -0.2) is 42.8 Å². The van der Waals surface area contributed by atoms with E-state index < -0.39 is 35.0 Å². The minimum absolute atomic E-state index is 0.0976. The SMILES string of the molecule is N#Cc1cccc(S(=O)(=O)N(CC(N)=O)CC(=O)O)c1. The van der Waals surface area contributed by atoms with Crippen molar-refractivity contribution < 1.29 is 23.1 Å². The summed E-state index contributed by atoms with van der Waals surface area (Å²) in [6.45, 7) is -1.66. The summed E-state index contributed by atoms with van der Waals surface area (Å²) in [4.78, 5) is 21.3. The van der Waals surface area contributed by atoms with Gasteiger partial charge in [0.15, 0.2) is 0 Å². The summed E-state index contributed by atoms with van der Waals surface area (Å²) in [6.07, 6.45) is 0. The van der Waals surface area contributed by atoms with E-state index >= 15 is 0 Å². The summed E-state index contributed by atoms with van der Waals surface area (Å²) in [6, 6.07) is 6.80. The van der Waals surface area contributed by atoms with Crippen LogP contribution >= 0.6 is 0 Å². The van der Waals surface area contributed by atoms with Gasteiger partial charge in [-0.25, -0.2) is 8.42 Å². The van der Waals surface area contributed by atoms with E-state index in [1.807, 2.05) is 0 Å². The van der Waals surface area contributed by atoms with Gasteiger partial charge in [0.25, 0.3) is 0 Å². The standard InChI is InChI=1S/C11H11N3O5S/c12-5-8-2-1-3-9(4-8)20(18,19)14(6-10(13)15)7-11(16)17/h1-4H,6-7H2,(H2,13,15)(H,16,17). The third-order valence-corrected chi connectivity index (χ3v) is 4.03. The molecular formula is C11H11N3O5S. The maximum atomic E-state index is 12.2. The second-order valence-corrected chi connectivity index (χ2v) is 5.71. The fraction of sp³-hybridized carbons (Fsp3) is 0.182. The summed E-state index contributed by atoms with van der Waals surface area (Å²) in [7, 11) is -4.22. The van der Waals surface area contributed by atoms with Crippen molar-refractivity contribution in [2.45, 2.75) is 4.90 Å². The van der Waals surface area contributed by atoms with Crippen molar-refractivity contribution >= 4 is 21.9 Å². The van der Waals surface area contributed by atoms with Gasteiger partial charge in [-0.05, 0) is 18.2 Å². The molecule has 1 aromatic carbocycles. The first kappa shape index (κ1) is 15.6. The average Bonchev–Trinajstić information content (AvgIpc) is 2.37. The molecule has 0 heterocycles. The molecule has 0 bridgehead atoms. The van der Waals surface area contributed by atoms with Gasteiger partial charge in [0.1, 0.15) is 6.54 Å². The van der Waals surface area contributed by atoms with Gasteiger partial charge in [0.2, 0.25) is 15.9 Å². The van der Waals surface area contributed by atoms with Gasteiger partial charge in [-0.1, -0.05) is 6.07 Å². The van der Waals surface area contributed by atoms with Crippen molar-refractivity contribution in [2.75, 3.05) is 13.1 Å². The first-order chi connectivity index (χ1) is 9.27. The molecule has 1 amide bonds. The zero-order valence-corrected chi connectivity index (χ0v) is 11.0. The second kappa shape index (κ2) is 6.14. The molecule has 0 aliphatic heterocycles. The van der Waals surface area contributed by atoms with Crippen LogP contribution in [0.3, 0.4) is 0 Å². The normalized spacial score (nSPS) is 11.0. The number of carbonyl (C=O) groups is 2. The Labute approximate surface area is 115 Å². The molecule has 106 valence electrons. The number of aliphatic carboxylic acids is 1. The molecule has 1 rings (SSSR count). The van der Waals surface area contributed by atoms with Gasteiger partial charge in [-0.15, -0.1) is 0 Å². The molecule has 0 radical (unpaired) electrons. The summed E-state index contributed by atoms with van der Waals surface area (Å²) >= 11 is 0. The number of carboxylic acid groups (broad SMARTS) is 1. The molecule has 20 heavy (non-hydrogen) atoms. The molecule has 3 N–H and O–H groups in total. The lowest BCUT2D eigenvalue weighted by Crippen LogP contribution is -2.41. The van der Waals surface area contributed by atoms with E-state index in [-0.39, 0.29) is 10.5 Å². The molecule has 0 fully saturated rings. The first-order valence-corrected chi connectivity index (χ1v) is 6.72. The Morgan fingerprint density at radius 1 is 1.35 bits per heavy atom. The number of nitrogens with zero attached hydrogens (tertiary/aromatic N) is 2. The zero-order valence-electron chi connectivity index (χ0n) is 10.2. The van der Waals surface area contributed by atoms with E-state index in [0.29, 0.717) is 4.31 Å². The van der Waals surface area contributed by atoms with E-state index in [1.54, 1.807) is 6.07 Å².